The number of halogens is 2. The second kappa shape index (κ2) is 5.84. The lowest BCUT2D eigenvalue weighted by Crippen LogP contribution is -2.04. The summed E-state index contributed by atoms with van der Waals surface area (Å²) in [5, 5.41) is 3.53. The van der Waals surface area contributed by atoms with E-state index in [1.807, 2.05) is 12.1 Å². The third-order valence-electron chi connectivity index (χ3n) is 2.09. The highest BCUT2D eigenvalue weighted by Gasteiger charge is 2.05. The lowest BCUT2D eigenvalue weighted by Gasteiger charge is -2.06. The minimum atomic E-state index is 0.0838. The molecule has 0 fully saturated rings. The molecule has 18 heavy (non-hydrogen) atoms. The zero-order chi connectivity index (χ0) is 13.0. The Kier molecular flexibility index (Phi) is 4.17. The summed E-state index contributed by atoms with van der Waals surface area (Å²) in [6, 6.07) is 7.49. The van der Waals surface area contributed by atoms with E-state index in [4.69, 9.17) is 27.9 Å². The minimum absolute atomic E-state index is 0.0838. The Morgan fingerprint density at radius 1 is 1.11 bits per heavy atom. The summed E-state index contributed by atoms with van der Waals surface area (Å²) in [6.07, 6.45) is 0. The predicted octanol–water partition coefficient (Wildman–Crippen LogP) is 2.80. The fourth-order valence-corrected chi connectivity index (χ4v) is 1.52. The zero-order valence-corrected chi connectivity index (χ0v) is 11.0. The van der Waals surface area contributed by atoms with E-state index in [0.717, 1.165) is 5.56 Å². The smallest absolute Gasteiger partial charge is 0.322 e. The van der Waals surface area contributed by atoms with Crippen LogP contribution in [0.1, 0.15) is 5.56 Å². The summed E-state index contributed by atoms with van der Waals surface area (Å²) in [6.45, 7) is 0.334. The molecule has 7 heteroatoms. The summed E-state index contributed by atoms with van der Waals surface area (Å²) in [7, 11) is 1.69. The molecule has 1 aromatic heterocycles. The highest BCUT2D eigenvalue weighted by atomic mass is 35.5. The molecule has 2 rings (SSSR count). The number of benzene rings is 1. The van der Waals surface area contributed by atoms with Crippen LogP contribution in [0.2, 0.25) is 10.3 Å². The molecule has 1 aromatic carbocycles. The molecule has 0 aliphatic rings. The van der Waals surface area contributed by atoms with Gasteiger partial charge in [0.1, 0.15) is 6.61 Å². The monoisotopic (exact) mass is 284 g/mol. The van der Waals surface area contributed by atoms with Gasteiger partial charge in [0.2, 0.25) is 11.2 Å². The Morgan fingerprint density at radius 2 is 1.83 bits per heavy atom. The van der Waals surface area contributed by atoms with Crippen LogP contribution in [0, 0.1) is 0 Å². The molecule has 0 saturated carbocycles. The van der Waals surface area contributed by atoms with Crippen LogP contribution in [0.25, 0.3) is 0 Å². The van der Waals surface area contributed by atoms with Gasteiger partial charge in [0.25, 0.3) is 0 Å². The first-order valence-corrected chi connectivity index (χ1v) is 5.89. The highest BCUT2D eigenvalue weighted by Crippen LogP contribution is 2.14. The molecule has 2 aromatic rings. The number of aromatic nitrogens is 3. The van der Waals surface area contributed by atoms with Gasteiger partial charge in [-0.1, -0.05) is 23.7 Å². The molecule has 1 heterocycles. The van der Waals surface area contributed by atoms with Crippen molar-refractivity contribution in [3.05, 3.63) is 40.1 Å². The molecule has 0 spiro atoms. The van der Waals surface area contributed by atoms with Gasteiger partial charge in [-0.25, -0.2) is 0 Å². The first-order valence-electron chi connectivity index (χ1n) is 5.14. The van der Waals surface area contributed by atoms with Crippen molar-refractivity contribution in [2.24, 2.45) is 0 Å². The Balaban J connectivity index is 2.05. The minimum Gasteiger partial charge on any atom is -0.458 e. The summed E-state index contributed by atoms with van der Waals surface area (Å²) in [5.74, 6) is 0.362. The van der Waals surface area contributed by atoms with E-state index in [1.54, 1.807) is 19.2 Å². The van der Waals surface area contributed by atoms with Gasteiger partial charge in [-0.15, -0.1) is 0 Å². The van der Waals surface area contributed by atoms with Crippen molar-refractivity contribution in [1.82, 2.24) is 15.0 Å². The fraction of sp³-hybridized carbons (Fsp3) is 0.182. The Bertz CT molecular complexity index is 533. The van der Waals surface area contributed by atoms with Crippen molar-refractivity contribution in [1.29, 1.82) is 0 Å². The summed E-state index contributed by atoms with van der Waals surface area (Å²) < 4.78 is 5.43. The normalized spacial score (nSPS) is 10.2. The second-order valence-corrected chi connectivity index (χ2v) is 4.15. The molecule has 0 unspecified atom stereocenters. The molecule has 0 atom stereocenters. The van der Waals surface area contributed by atoms with Gasteiger partial charge in [-0.2, -0.15) is 15.0 Å². The zero-order valence-electron chi connectivity index (χ0n) is 9.52. The highest BCUT2D eigenvalue weighted by molar-refractivity contribution is 6.30. The molecule has 94 valence electrons. The molecular weight excluding hydrogens is 275 g/mol. The summed E-state index contributed by atoms with van der Waals surface area (Å²) >= 11 is 11.5. The number of hydrogen-bond acceptors (Lipinski definition) is 5. The fourth-order valence-electron chi connectivity index (χ4n) is 1.24. The van der Waals surface area contributed by atoms with Crippen molar-refractivity contribution >= 4 is 29.2 Å². The van der Waals surface area contributed by atoms with Gasteiger partial charge in [0.05, 0.1) is 0 Å². The topological polar surface area (TPSA) is 59.9 Å². The molecule has 1 N–H and O–H groups in total. The van der Waals surface area contributed by atoms with Crippen LogP contribution in [0.4, 0.5) is 5.95 Å². The van der Waals surface area contributed by atoms with E-state index in [9.17, 15) is 0 Å². The van der Waals surface area contributed by atoms with Crippen LogP contribution in [0.15, 0.2) is 24.3 Å². The van der Waals surface area contributed by atoms with E-state index in [0.29, 0.717) is 17.6 Å². The maximum Gasteiger partial charge on any atom is 0.322 e. The van der Waals surface area contributed by atoms with Crippen LogP contribution in [-0.2, 0) is 6.61 Å². The Morgan fingerprint density at radius 3 is 2.50 bits per heavy atom. The maximum absolute atomic E-state index is 5.79. The van der Waals surface area contributed by atoms with Gasteiger partial charge < -0.3 is 10.1 Å². The number of ether oxygens (including phenoxy) is 1. The van der Waals surface area contributed by atoms with E-state index in [1.165, 1.54) is 0 Å². The van der Waals surface area contributed by atoms with Gasteiger partial charge in [0.15, 0.2) is 0 Å². The average molecular weight is 285 g/mol. The van der Waals surface area contributed by atoms with Crippen molar-refractivity contribution in [2.45, 2.75) is 6.61 Å². The summed E-state index contributed by atoms with van der Waals surface area (Å²) in [5.41, 5.74) is 0.960. The van der Waals surface area contributed by atoms with Crippen LogP contribution >= 0.6 is 23.2 Å². The molecule has 0 radical (unpaired) electrons. The molecule has 0 saturated heterocycles. The lowest BCUT2D eigenvalue weighted by atomic mass is 10.2. The largest absolute Gasteiger partial charge is 0.458 e. The number of nitrogens with zero attached hydrogens (tertiary/aromatic N) is 3. The number of hydrogen-bond donors (Lipinski definition) is 1. The average Bonchev–Trinajstić information content (AvgIpc) is 2.37. The molecule has 5 nitrogen and oxygen atoms in total. The van der Waals surface area contributed by atoms with E-state index in [-0.39, 0.29) is 11.3 Å². The predicted molar refractivity (Wildman–Crippen MR) is 70.2 cm³/mol. The first-order chi connectivity index (χ1) is 8.67. The number of nitrogens with one attached hydrogen (secondary N) is 1. The van der Waals surface area contributed by atoms with Crippen molar-refractivity contribution < 1.29 is 4.74 Å². The van der Waals surface area contributed by atoms with Gasteiger partial charge in [-0.3, -0.25) is 0 Å². The maximum atomic E-state index is 5.79. The Hall–Kier alpha value is -1.59. The van der Waals surface area contributed by atoms with Crippen molar-refractivity contribution in [3.63, 3.8) is 0 Å². The quantitative estimate of drug-likeness (QED) is 0.936. The third kappa shape index (κ3) is 3.45. The van der Waals surface area contributed by atoms with E-state index < -0.39 is 0 Å². The van der Waals surface area contributed by atoms with Crippen LogP contribution in [0.3, 0.4) is 0 Å². The molecular formula is C11H10Cl2N4O. The lowest BCUT2D eigenvalue weighted by molar-refractivity contribution is 0.280. The SMILES string of the molecule is CNc1nc(Cl)nc(OCc2ccc(Cl)cc2)n1. The third-order valence-corrected chi connectivity index (χ3v) is 2.51. The van der Waals surface area contributed by atoms with Crippen LogP contribution in [-0.4, -0.2) is 22.0 Å². The Labute approximate surface area is 114 Å². The second-order valence-electron chi connectivity index (χ2n) is 3.38. The van der Waals surface area contributed by atoms with Gasteiger partial charge >= 0.3 is 6.01 Å². The standard InChI is InChI=1S/C11H10Cl2N4O/c1-14-10-15-9(13)16-11(17-10)18-6-7-2-4-8(12)5-3-7/h2-5H,6H2,1H3,(H,14,15,16,17). The summed E-state index contributed by atoms with van der Waals surface area (Å²) in [4.78, 5) is 11.7. The van der Waals surface area contributed by atoms with Crippen LogP contribution < -0.4 is 10.1 Å². The molecule has 0 bridgehead atoms. The van der Waals surface area contributed by atoms with Gasteiger partial charge in [-0.05, 0) is 29.3 Å². The van der Waals surface area contributed by atoms with Gasteiger partial charge in [0, 0.05) is 12.1 Å². The molecule has 0 aliphatic carbocycles. The number of anilines is 1. The molecule has 0 aliphatic heterocycles. The first kappa shape index (κ1) is 12.9. The van der Waals surface area contributed by atoms with Crippen molar-refractivity contribution in [2.75, 3.05) is 12.4 Å². The van der Waals surface area contributed by atoms with Crippen LogP contribution in [0.5, 0.6) is 6.01 Å². The van der Waals surface area contributed by atoms with Crippen molar-refractivity contribution in [3.8, 4) is 6.01 Å². The molecule has 0 amide bonds. The number of rotatable bonds is 4. The van der Waals surface area contributed by atoms with E-state index >= 15 is 0 Å². The van der Waals surface area contributed by atoms with E-state index in [2.05, 4.69) is 20.3 Å².